The highest BCUT2D eigenvalue weighted by Crippen LogP contribution is 2.29. The molecule has 0 aromatic carbocycles. The van der Waals surface area contributed by atoms with Crippen molar-refractivity contribution in [3.05, 3.63) is 0 Å². The van der Waals surface area contributed by atoms with E-state index in [9.17, 15) is 0 Å². The Morgan fingerprint density at radius 1 is 1.31 bits per heavy atom. The maximum absolute atomic E-state index is 5.99. The highest BCUT2D eigenvalue weighted by Gasteiger charge is 2.43. The van der Waals surface area contributed by atoms with Gasteiger partial charge in [-0.15, -0.1) is 0 Å². The molecule has 2 N–H and O–H groups in total. The van der Waals surface area contributed by atoms with E-state index in [1.165, 1.54) is 0 Å². The molecular weight excluding hydrogens is 202 g/mol. The van der Waals surface area contributed by atoms with Crippen molar-refractivity contribution in [2.75, 3.05) is 39.9 Å². The Hall–Kier alpha value is -0.160. The zero-order chi connectivity index (χ0) is 11.8. The topological polar surface area (TPSA) is 41.7 Å². The van der Waals surface area contributed by atoms with Crippen LogP contribution in [-0.2, 0) is 4.74 Å². The van der Waals surface area contributed by atoms with E-state index in [2.05, 4.69) is 30.7 Å². The molecule has 0 aliphatic carbocycles. The van der Waals surface area contributed by atoms with Crippen molar-refractivity contribution in [2.45, 2.75) is 37.9 Å². The van der Waals surface area contributed by atoms with Crippen molar-refractivity contribution in [3.63, 3.8) is 0 Å². The van der Waals surface area contributed by atoms with Crippen LogP contribution >= 0.6 is 0 Å². The molecule has 4 heteroatoms. The van der Waals surface area contributed by atoms with Crippen LogP contribution in [0.2, 0.25) is 0 Å². The van der Waals surface area contributed by atoms with Crippen molar-refractivity contribution in [2.24, 2.45) is 5.73 Å². The Labute approximate surface area is 98.7 Å². The van der Waals surface area contributed by atoms with E-state index in [1.807, 2.05) is 0 Å². The van der Waals surface area contributed by atoms with Crippen LogP contribution in [0.1, 0.15) is 20.3 Å². The van der Waals surface area contributed by atoms with Gasteiger partial charge in [0.25, 0.3) is 0 Å². The summed E-state index contributed by atoms with van der Waals surface area (Å²) in [4.78, 5) is 5.02. The molecule has 3 atom stereocenters. The van der Waals surface area contributed by atoms with Gasteiger partial charge in [-0.3, -0.25) is 9.80 Å². The van der Waals surface area contributed by atoms with Crippen LogP contribution in [0.4, 0.5) is 0 Å². The zero-order valence-corrected chi connectivity index (χ0v) is 10.8. The zero-order valence-electron chi connectivity index (χ0n) is 10.8. The van der Waals surface area contributed by atoms with Crippen molar-refractivity contribution in [3.8, 4) is 0 Å². The number of hydrogen-bond donors (Lipinski definition) is 1. The lowest BCUT2D eigenvalue weighted by Crippen LogP contribution is -2.64. The summed E-state index contributed by atoms with van der Waals surface area (Å²) in [5.41, 5.74) is 6.10. The molecule has 16 heavy (non-hydrogen) atoms. The molecule has 2 saturated heterocycles. The van der Waals surface area contributed by atoms with Gasteiger partial charge in [-0.05, 0) is 27.3 Å². The van der Waals surface area contributed by atoms with E-state index in [0.717, 1.165) is 39.3 Å². The van der Waals surface area contributed by atoms with Gasteiger partial charge in [0.05, 0.1) is 12.1 Å². The standard InChI is InChI=1S/C12H25N3O/c1-10-6-15(7-11(2)14(10)3)12(8-13)4-5-16-9-12/h10-11H,4-9,13H2,1-3H3. The van der Waals surface area contributed by atoms with E-state index in [1.54, 1.807) is 0 Å². The minimum absolute atomic E-state index is 0.115. The Balaban J connectivity index is 2.09. The second kappa shape index (κ2) is 4.61. The minimum Gasteiger partial charge on any atom is -0.379 e. The first-order chi connectivity index (χ1) is 7.59. The fraction of sp³-hybridized carbons (Fsp3) is 1.00. The SMILES string of the molecule is CC1CN(C2(CN)CCOC2)CC(C)N1C. The van der Waals surface area contributed by atoms with Gasteiger partial charge >= 0.3 is 0 Å². The monoisotopic (exact) mass is 227 g/mol. The van der Waals surface area contributed by atoms with Gasteiger partial charge in [-0.1, -0.05) is 0 Å². The summed E-state index contributed by atoms with van der Waals surface area (Å²) in [5, 5.41) is 0. The largest absolute Gasteiger partial charge is 0.379 e. The molecule has 0 amide bonds. The fourth-order valence-electron chi connectivity index (χ4n) is 2.93. The molecule has 0 aromatic heterocycles. The van der Waals surface area contributed by atoms with Gasteiger partial charge in [-0.2, -0.15) is 0 Å². The molecule has 2 heterocycles. The summed E-state index contributed by atoms with van der Waals surface area (Å²) in [5.74, 6) is 0. The number of ether oxygens (including phenoxy) is 1. The van der Waals surface area contributed by atoms with Gasteiger partial charge in [0.2, 0.25) is 0 Å². The molecule has 2 aliphatic heterocycles. The van der Waals surface area contributed by atoms with Crippen molar-refractivity contribution in [1.29, 1.82) is 0 Å². The Morgan fingerprint density at radius 3 is 2.38 bits per heavy atom. The van der Waals surface area contributed by atoms with Crippen LogP contribution in [0.15, 0.2) is 0 Å². The van der Waals surface area contributed by atoms with Crippen LogP contribution in [0.3, 0.4) is 0 Å². The van der Waals surface area contributed by atoms with E-state index in [4.69, 9.17) is 10.5 Å². The molecule has 3 unspecified atom stereocenters. The first-order valence-electron chi connectivity index (χ1n) is 6.34. The minimum atomic E-state index is 0.115. The average molecular weight is 227 g/mol. The molecule has 0 radical (unpaired) electrons. The van der Waals surface area contributed by atoms with Crippen LogP contribution < -0.4 is 5.73 Å². The van der Waals surface area contributed by atoms with E-state index in [0.29, 0.717) is 12.1 Å². The molecule has 94 valence electrons. The summed E-state index contributed by atoms with van der Waals surface area (Å²) >= 11 is 0. The Morgan fingerprint density at radius 2 is 1.94 bits per heavy atom. The molecule has 2 rings (SSSR count). The molecule has 0 spiro atoms. The molecule has 0 bridgehead atoms. The summed E-state index contributed by atoms with van der Waals surface area (Å²) < 4.78 is 5.57. The maximum atomic E-state index is 5.99. The van der Waals surface area contributed by atoms with Crippen LogP contribution in [-0.4, -0.2) is 67.3 Å². The Bertz CT molecular complexity index is 228. The number of nitrogens with zero attached hydrogens (tertiary/aromatic N) is 2. The first kappa shape index (κ1) is 12.3. The van der Waals surface area contributed by atoms with E-state index >= 15 is 0 Å². The predicted molar refractivity (Wildman–Crippen MR) is 65.5 cm³/mol. The highest BCUT2D eigenvalue weighted by atomic mass is 16.5. The maximum Gasteiger partial charge on any atom is 0.0663 e. The number of nitrogens with two attached hydrogens (primary N) is 1. The van der Waals surface area contributed by atoms with Crippen molar-refractivity contribution in [1.82, 2.24) is 9.80 Å². The molecule has 2 aliphatic rings. The van der Waals surface area contributed by atoms with E-state index < -0.39 is 0 Å². The molecule has 0 saturated carbocycles. The van der Waals surface area contributed by atoms with Gasteiger partial charge < -0.3 is 10.5 Å². The predicted octanol–water partition coefficient (Wildman–Crippen LogP) is 0.129. The quantitative estimate of drug-likeness (QED) is 0.728. The summed E-state index contributed by atoms with van der Waals surface area (Å²) in [6.45, 7) is 9.21. The Kier molecular flexibility index (Phi) is 3.54. The summed E-state index contributed by atoms with van der Waals surface area (Å²) in [7, 11) is 2.22. The lowest BCUT2D eigenvalue weighted by Gasteiger charge is -2.49. The average Bonchev–Trinajstić information content (AvgIpc) is 2.75. The van der Waals surface area contributed by atoms with Crippen molar-refractivity contribution < 1.29 is 4.74 Å². The second-order valence-corrected chi connectivity index (χ2v) is 5.50. The summed E-state index contributed by atoms with van der Waals surface area (Å²) in [6, 6.07) is 1.21. The second-order valence-electron chi connectivity index (χ2n) is 5.50. The van der Waals surface area contributed by atoms with Gasteiger partial charge in [0.1, 0.15) is 0 Å². The molecular formula is C12H25N3O. The van der Waals surface area contributed by atoms with Gasteiger partial charge in [-0.25, -0.2) is 0 Å². The fourth-order valence-corrected chi connectivity index (χ4v) is 2.93. The van der Waals surface area contributed by atoms with Crippen LogP contribution in [0.25, 0.3) is 0 Å². The normalized spacial score (nSPS) is 42.8. The van der Waals surface area contributed by atoms with Gasteiger partial charge in [0.15, 0.2) is 0 Å². The van der Waals surface area contributed by atoms with Gasteiger partial charge in [0, 0.05) is 38.3 Å². The highest BCUT2D eigenvalue weighted by molar-refractivity contribution is 4.99. The van der Waals surface area contributed by atoms with Crippen LogP contribution in [0, 0.1) is 0 Å². The van der Waals surface area contributed by atoms with Crippen LogP contribution in [0.5, 0.6) is 0 Å². The molecule has 2 fully saturated rings. The lowest BCUT2D eigenvalue weighted by molar-refractivity contribution is -0.0136. The third-order valence-electron chi connectivity index (χ3n) is 4.49. The first-order valence-corrected chi connectivity index (χ1v) is 6.34. The smallest absolute Gasteiger partial charge is 0.0663 e. The number of rotatable bonds is 2. The van der Waals surface area contributed by atoms with Crippen molar-refractivity contribution >= 4 is 0 Å². The number of likely N-dealkylation sites (N-methyl/N-ethyl adjacent to an activating group) is 1. The molecule has 0 aromatic rings. The lowest BCUT2D eigenvalue weighted by atomic mass is 9.93. The summed E-state index contributed by atoms with van der Waals surface area (Å²) in [6.07, 6.45) is 1.09. The molecule has 4 nitrogen and oxygen atoms in total. The number of hydrogen-bond acceptors (Lipinski definition) is 4. The number of piperazine rings is 1. The third-order valence-corrected chi connectivity index (χ3v) is 4.49. The third kappa shape index (κ3) is 1.99. The van der Waals surface area contributed by atoms with E-state index in [-0.39, 0.29) is 5.54 Å².